The molecule has 11 heteroatoms. The number of aryl methyl sites for hydroxylation is 1. The van der Waals surface area contributed by atoms with Gasteiger partial charge in [0, 0.05) is 11.9 Å². The molecule has 2 aromatic carbocycles. The topological polar surface area (TPSA) is 126 Å². The number of carbonyl (C=O) groups excluding carboxylic acids is 1. The van der Waals surface area contributed by atoms with Crippen LogP contribution >= 0.6 is 0 Å². The molecule has 0 aliphatic heterocycles. The van der Waals surface area contributed by atoms with Crippen LogP contribution in [0.3, 0.4) is 0 Å². The Bertz CT molecular complexity index is 1310. The van der Waals surface area contributed by atoms with Crippen LogP contribution < -0.4 is 14.3 Å². The molecule has 0 aliphatic rings. The van der Waals surface area contributed by atoms with E-state index in [2.05, 4.69) is 15.0 Å². The van der Waals surface area contributed by atoms with Crippen molar-refractivity contribution in [3.8, 4) is 0 Å². The second-order valence-corrected chi connectivity index (χ2v) is 10.5. The van der Waals surface area contributed by atoms with Crippen LogP contribution in [0.15, 0.2) is 77.8 Å². The van der Waals surface area contributed by atoms with E-state index in [1.807, 2.05) is 0 Å². The smallest absolute Gasteiger partial charge is 0.263 e. The first-order valence-electron chi connectivity index (χ1n) is 9.43. The lowest BCUT2D eigenvalue weighted by molar-refractivity contribution is -0.114. The maximum absolute atomic E-state index is 12.5. The number of amides is 1. The van der Waals surface area contributed by atoms with Crippen molar-refractivity contribution in [1.29, 1.82) is 0 Å². The lowest BCUT2D eigenvalue weighted by atomic mass is 10.2. The summed E-state index contributed by atoms with van der Waals surface area (Å²) in [6.45, 7) is 1.33. The van der Waals surface area contributed by atoms with Gasteiger partial charge in [-0.25, -0.2) is 21.8 Å². The van der Waals surface area contributed by atoms with E-state index in [1.165, 1.54) is 36.5 Å². The van der Waals surface area contributed by atoms with Crippen molar-refractivity contribution in [2.24, 2.45) is 0 Å². The number of hydrogen-bond acceptors (Lipinski definition) is 6. The lowest BCUT2D eigenvalue weighted by Gasteiger charge is -2.23. The van der Waals surface area contributed by atoms with Gasteiger partial charge in [0.2, 0.25) is 15.9 Å². The third-order valence-electron chi connectivity index (χ3n) is 4.42. The summed E-state index contributed by atoms with van der Waals surface area (Å²) in [5.74, 6) is -0.386. The van der Waals surface area contributed by atoms with Crippen LogP contribution in [0.2, 0.25) is 0 Å². The maximum atomic E-state index is 12.5. The first kappa shape index (κ1) is 23.2. The Morgan fingerprint density at radius 3 is 2.19 bits per heavy atom. The summed E-state index contributed by atoms with van der Waals surface area (Å²) in [5.41, 5.74) is 1.44. The standard InChI is InChI=1S/C21H22N4O5S2/c1-16-7-3-4-8-19(16)25(31(2,27)28)15-21(26)23-17-10-12-18(13-11-17)32(29,30)24-20-9-5-6-14-22-20/h3-14H,15H2,1-2H3,(H,22,24)(H,23,26). The second kappa shape index (κ2) is 9.37. The van der Waals surface area contributed by atoms with Crippen molar-refractivity contribution in [3.63, 3.8) is 0 Å². The van der Waals surface area contributed by atoms with Gasteiger partial charge >= 0.3 is 0 Å². The molecular weight excluding hydrogens is 452 g/mol. The SMILES string of the molecule is Cc1ccccc1N(CC(=O)Nc1ccc(S(=O)(=O)Nc2ccccn2)cc1)S(C)(=O)=O. The van der Waals surface area contributed by atoms with Crippen molar-refractivity contribution >= 4 is 43.1 Å². The molecule has 0 saturated carbocycles. The predicted octanol–water partition coefficient (Wildman–Crippen LogP) is 2.60. The van der Waals surface area contributed by atoms with Crippen molar-refractivity contribution in [2.75, 3.05) is 27.1 Å². The highest BCUT2D eigenvalue weighted by molar-refractivity contribution is 7.92. The highest BCUT2D eigenvalue weighted by atomic mass is 32.2. The maximum Gasteiger partial charge on any atom is 0.263 e. The molecule has 0 radical (unpaired) electrons. The molecule has 0 bridgehead atoms. The lowest BCUT2D eigenvalue weighted by Crippen LogP contribution is -2.37. The molecule has 1 heterocycles. The van der Waals surface area contributed by atoms with Gasteiger partial charge in [0.15, 0.2) is 0 Å². The van der Waals surface area contributed by atoms with Gasteiger partial charge in [-0.05, 0) is 55.0 Å². The molecule has 3 rings (SSSR count). The number of sulfonamides is 2. The van der Waals surface area contributed by atoms with Crippen LogP contribution in [0.4, 0.5) is 17.2 Å². The van der Waals surface area contributed by atoms with Gasteiger partial charge in [0.05, 0.1) is 16.8 Å². The predicted molar refractivity (Wildman–Crippen MR) is 123 cm³/mol. The van der Waals surface area contributed by atoms with Gasteiger partial charge < -0.3 is 5.32 Å². The summed E-state index contributed by atoms with van der Waals surface area (Å²) in [7, 11) is -7.56. The molecule has 0 aliphatic carbocycles. The molecule has 1 amide bonds. The van der Waals surface area contributed by atoms with E-state index in [9.17, 15) is 21.6 Å². The summed E-state index contributed by atoms with van der Waals surface area (Å²) in [4.78, 5) is 16.4. The molecule has 9 nitrogen and oxygen atoms in total. The highest BCUT2D eigenvalue weighted by Gasteiger charge is 2.22. The Kier molecular flexibility index (Phi) is 6.80. The molecule has 0 atom stereocenters. The zero-order valence-corrected chi connectivity index (χ0v) is 19.0. The zero-order valence-electron chi connectivity index (χ0n) is 17.4. The van der Waals surface area contributed by atoms with Gasteiger partial charge in [0.1, 0.15) is 12.4 Å². The Balaban J connectivity index is 1.72. The first-order chi connectivity index (χ1) is 15.1. The number of anilines is 3. The molecular formula is C21H22N4O5S2. The number of nitrogens with one attached hydrogen (secondary N) is 2. The molecule has 1 aromatic heterocycles. The summed E-state index contributed by atoms with van der Waals surface area (Å²) < 4.78 is 52.8. The molecule has 168 valence electrons. The number of benzene rings is 2. The summed E-state index contributed by atoms with van der Waals surface area (Å²) in [6, 6.07) is 17.2. The van der Waals surface area contributed by atoms with Gasteiger partial charge in [0.25, 0.3) is 10.0 Å². The molecule has 0 fully saturated rings. The monoisotopic (exact) mass is 474 g/mol. The second-order valence-electron chi connectivity index (χ2n) is 6.95. The number of carbonyl (C=O) groups is 1. The number of aromatic nitrogens is 1. The van der Waals surface area contributed by atoms with Crippen LogP contribution in [-0.2, 0) is 24.8 Å². The van der Waals surface area contributed by atoms with Crippen molar-refractivity contribution < 1.29 is 21.6 Å². The fourth-order valence-corrected chi connectivity index (χ4v) is 4.81. The van der Waals surface area contributed by atoms with Crippen LogP contribution in [0.1, 0.15) is 5.56 Å². The van der Waals surface area contributed by atoms with E-state index >= 15 is 0 Å². The van der Waals surface area contributed by atoms with Crippen molar-refractivity contribution in [3.05, 3.63) is 78.5 Å². The number of hydrogen-bond donors (Lipinski definition) is 2. The molecule has 3 aromatic rings. The number of para-hydroxylation sites is 1. The Morgan fingerprint density at radius 2 is 1.59 bits per heavy atom. The van der Waals surface area contributed by atoms with E-state index in [0.29, 0.717) is 16.9 Å². The van der Waals surface area contributed by atoms with Crippen LogP contribution in [0, 0.1) is 6.92 Å². The van der Waals surface area contributed by atoms with Gasteiger partial charge in [-0.3, -0.25) is 13.8 Å². The number of rotatable bonds is 8. The van der Waals surface area contributed by atoms with Crippen LogP contribution in [0.25, 0.3) is 0 Å². The highest BCUT2D eigenvalue weighted by Crippen LogP contribution is 2.22. The first-order valence-corrected chi connectivity index (χ1v) is 12.8. The Hall–Kier alpha value is -3.44. The van der Waals surface area contributed by atoms with Gasteiger partial charge in [-0.2, -0.15) is 0 Å². The van der Waals surface area contributed by atoms with E-state index < -0.39 is 32.5 Å². The average Bonchev–Trinajstić information content (AvgIpc) is 2.73. The summed E-state index contributed by atoms with van der Waals surface area (Å²) in [5, 5.41) is 2.59. The molecule has 0 unspecified atom stereocenters. The minimum atomic E-state index is -3.85. The molecule has 0 spiro atoms. The van der Waals surface area contributed by atoms with E-state index in [4.69, 9.17) is 0 Å². The number of pyridine rings is 1. The summed E-state index contributed by atoms with van der Waals surface area (Å²) in [6.07, 6.45) is 2.49. The third-order valence-corrected chi connectivity index (χ3v) is 6.92. The normalized spacial score (nSPS) is 11.6. The van der Waals surface area contributed by atoms with E-state index in [1.54, 1.807) is 43.3 Å². The largest absolute Gasteiger partial charge is 0.325 e. The minimum absolute atomic E-state index is 0.0150. The fraction of sp³-hybridized carbons (Fsp3) is 0.143. The van der Waals surface area contributed by atoms with Crippen molar-refractivity contribution in [2.45, 2.75) is 11.8 Å². The van der Waals surface area contributed by atoms with Crippen molar-refractivity contribution in [1.82, 2.24) is 4.98 Å². The molecule has 0 saturated heterocycles. The van der Waals surface area contributed by atoms with Gasteiger partial charge in [-0.1, -0.05) is 24.3 Å². The van der Waals surface area contributed by atoms with E-state index in [-0.39, 0.29) is 10.7 Å². The molecule has 32 heavy (non-hydrogen) atoms. The fourth-order valence-electron chi connectivity index (χ4n) is 2.89. The third kappa shape index (κ3) is 5.83. The molecule has 2 N–H and O–H groups in total. The van der Waals surface area contributed by atoms with Gasteiger partial charge in [-0.15, -0.1) is 0 Å². The average molecular weight is 475 g/mol. The zero-order chi connectivity index (χ0) is 23.4. The quantitative estimate of drug-likeness (QED) is 0.517. The van der Waals surface area contributed by atoms with E-state index in [0.717, 1.165) is 10.6 Å². The van der Waals surface area contributed by atoms with Crippen LogP contribution in [-0.4, -0.2) is 40.5 Å². The Labute approximate surface area is 187 Å². The minimum Gasteiger partial charge on any atom is -0.325 e. The Morgan fingerprint density at radius 1 is 0.938 bits per heavy atom. The summed E-state index contributed by atoms with van der Waals surface area (Å²) >= 11 is 0. The number of nitrogens with zero attached hydrogens (tertiary/aromatic N) is 2. The van der Waals surface area contributed by atoms with Crippen LogP contribution in [0.5, 0.6) is 0 Å².